The third-order valence-electron chi connectivity index (χ3n) is 0.791. The Hall–Kier alpha value is -0.160. The highest BCUT2D eigenvalue weighted by atomic mass is 17.5. The molecular formula is C4H8O4. The predicted octanol–water partition coefficient (Wildman–Crippen LogP) is 0.242. The Morgan fingerprint density at radius 1 is 1.50 bits per heavy atom. The van der Waals surface area contributed by atoms with Crippen molar-refractivity contribution in [2.45, 2.75) is 13.1 Å². The average Bonchev–Trinajstić information content (AvgIpc) is 2.50. The molecule has 4 heteroatoms. The molecule has 0 aliphatic carbocycles. The van der Waals surface area contributed by atoms with Gasteiger partial charge in [0.05, 0.1) is 6.61 Å². The molecule has 1 fully saturated rings. The summed E-state index contributed by atoms with van der Waals surface area (Å²) >= 11 is 0. The highest BCUT2D eigenvalue weighted by Gasteiger charge is 2.52. The van der Waals surface area contributed by atoms with Crippen molar-refractivity contribution in [3.8, 4) is 0 Å². The molecule has 0 aromatic heterocycles. The molecule has 0 N–H and O–H groups in total. The van der Waals surface area contributed by atoms with Gasteiger partial charge in [-0.05, 0) is 6.92 Å². The summed E-state index contributed by atoms with van der Waals surface area (Å²) in [5.41, 5.74) is 0. The lowest BCUT2D eigenvalue weighted by Crippen LogP contribution is -2.17. The summed E-state index contributed by atoms with van der Waals surface area (Å²) in [5, 5.41) is 0. The maximum absolute atomic E-state index is 4.82. The van der Waals surface area contributed by atoms with E-state index < -0.39 is 6.16 Å². The molecule has 1 rings (SSSR count). The van der Waals surface area contributed by atoms with Crippen LogP contribution >= 0.6 is 0 Å². The average molecular weight is 120 g/mol. The lowest BCUT2D eigenvalue weighted by Gasteiger charge is -2.00. The highest BCUT2D eigenvalue weighted by molar-refractivity contribution is 4.39. The molecule has 0 aromatic rings. The Kier molecular flexibility index (Phi) is 1.48. The van der Waals surface area contributed by atoms with Crippen LogP contribution < -0.4 is 0 Å². The fourth-order valence-electron chi connectivity index (χ4n) is 0.386. The molecule has 48 valence electrons. The van der Waals surface area contributed by atoms with Gasteiger partial charge in [-0.3, -0.25) is 4.74 Å². The van der Waals surface area contributed by atoms with Crippen molar-refractivity contribution < 1.29 is 19.2 Å². The summed E-state index contributed by atoms with van der Waals surface area (Å²) in [5.74, 6) is 0. The van der Waals surface area contributed by atoms with Crippen LogP contribution in [0.15, 0.2) is 0 Å². The fraction of sp³-hybridized carbons (Fsp3) is 1.00. The van der Waals surface area contributed by atoms with Crippen LogP contribution in [0.3, 0.4) is 0 Å². The van der Waals surface area contributed by atoms with Gasteiger partial charge in [0, 0.05) is 7.11 Å². The third-order valence-corrected chi connectivity index (χ3v) is 0.791. The van der Waals surface area contributed by atoms with Crippen LogP contribution in [0, 0.1) is 0 Å². The van der Waals surface area contributed by atoms with Gasteiger partial charge in [0.25, 0.3) is 0 Å². The minimum Gasteiger partial charge on any atom is -0.303 e. The van der Waals surface area contributed by atoms with Crippen molar-refractivity contribution in [3.63, 3.8) is 0 Å². The quantitative estimate of drug-likeness (QED) is 0.304. The van der Waals surface area contributed by atoms with Gasteiger partial charge in [-0.2, -0.15) is 0 Å². The van der Waals surface area contributed by atoms with E-state index in [1.165, 1.54) is 7.11 Å². The highest BCUT2D eigenvalue weighted by Crippen LogP contribution is 2.30. The lowest BCUT2D eigenvalue weighted by atomic mass is 10.9. The molecule has 8 heavy (non-hydrogen) atoms. The largest absolute Gasteiger partial charge is 0.466 e. The van der Waals surface area contributed by atoms with E-state index in [1.54, 1.807) is 0 Å². The monoisotopic (exact) mass is 120 g/mol. The number of hydrogen-bond acceptors (Lipinski definition) is 4. The van der Waals surface area contributed by atoms with Gasteiger partial charge in [0.1, 0.15) is 0 Å². The maximum atomic E-state index is 4.82. The van der Waals surface area contributed by atoms with E-state index in [4.69, 9.17) is 4.74 Å². The van der Waals surface area contributed by atoms with Crippen molar-refractivity contribution in [2.75, 3.05) is 13.7 Å². The summed E-state index contributed by atoms with van der Waals surface area (Å²) in [6.07, 6.45) is -1.16. The summed E-state index contributed by atoms with van der Waals surface area (Å²) in [6.45, 7) is 2.33. The molecule has 4 nitrogen and oxygen atoms in total. The number of ether oxygens (including phenoxy) is 2. The van der Waals surface area contributed by atoms with Crippen LogP contribution in [0.4, 0.5) is 0 Å². The first-order chi connectivity index (χ1) is 3.83. The van der Waals surface area contributed by atoms with Gasteiger partial charge in [-0.1, -0.05) is 0 Å². The zero-order valence-corrected chi connectivity index (χ0v) is 4.84. The molecule has 0 bridgehead atoms. The van der Waals surface area contributed by atoms with E-state index >= 15 is 0 Å². The van der Waals surface area contributed by atoms with Gasteiger partial charge < -0.3 is 4.74 Å². The topological polar surface area (TPSA) is 43.5 Å². The van der Waals surface area contributed by atoms with Crippen molar-refractivity contribution in [1.29, 1.82) is 0 Å². The van der Waals surface area contributed by atoms with Crippen LogP contribution in [0.2, 0.25) is 0 Å². The second-order valence-corrected chi connectivity index (χ2v) is 1.30. The first-order valence-electron chi connectivity index (χ1n) is 2.39. The molecule has 0 aromatic carbocycles. The lowest BCUT2D eigenvalue weighted by molar-refractivity contribution is -0.227. The molecule has 1 aliphatic heterocycles. The second-order valence-electron chi connectivity index (χ2n) is 1.30. The first-order valence-corrected chi connectivity index (χ1v) is 2.39. The van der Waals surface area contributed by atoms with E-state index in [2.05, 4.69) is 14.5 Å². The van der Waals surface area contributed by atoms with Crippen molar-refractivity contribution >= 4 is 0 Å². The minimum atomic E-state index is -1.16. The van der Waals surface area contributed by atoms with Crippen molar-refractivity contribution in [3.05, 3.63) is 0 Å². The molecule has 0 atom stereocenters. The van der Waals surface area contributed by atoms with Crippen molar-refractivity contribution in [2.24, 2.45) is 0 Å². The number of methoxy groups -OCH3 is 1. The molecule has 0 amide bonds. The normalized spacial score (nSPS) is 23.2. The smallest absolute Gasteiger partial charge is 0.303 e. The Labute approximate surface area is 47.2 Å². The third kappa shape index (κ3) is 0.976. The van der Waals surface area contributed by atoms with Gasteiger partial charge in [0.15, 0.2) is 0 Å². The van der Waals surface area contributed by atoms with Crippen LogP contribution in [-0.2, 0) is 19.2 Å². The Morgan fingerprint density at radius 3 is 2.25 bits per heavy atom. The van der Waals surface area contributed by atoms with Crippen LogP contribution in [0.25, 0.3) is 0 Å². The summed E-state index contributed by atoms with van der Waals surface area (Å²) in [6, 6.07) is 0. The van der Waals surface area contributed by atoms with Gasteiger partial charge in [-0.15, -0.1) is 9.78 Å². The van der Waals surface area contributed by atoms with Gasteiger partial charge >= 0.3 is 6.16 Å². The van der Waals surface area contributed by atoms with E-state index in [0.717, 1.165) is 0 Å². The maximum Gasteiger partial charge on any atom is 0.466 e. The van der Waals surface area contributed by atoms with Gasteiger partial charge in [0.2, 0.25) is 0 Å². The van der Waals surface area contributed by atoms with E-state index in [-0.39, 0.29) is 0 Å². The standard InChI is InChI=1S/C4H8O4/c1-3-6-4(5-2)7-8-4/h3H2,1-2H3. The molecule has 0 spiro atoms. The molecule has 0 unspecified atom stereocenters. The van der Waals surface area contributed by atoms with E-state index in [1.807, 2.05) is 6.92 Å². The Morgan fingerprint density at radius 2 is 2.12 bits per heavy atom. The van der Waals surface area contributed by atoms with Crippen LogP contribution in [0.1, 0.15) is 6.92 Å². The molecular weight excluding hydrogens is 112 g/mol. The second kappa shape index (κ2) is 1.99. The molecule has 1 heterocycles. The molecule has 0 saturated carbocycles. The molecule has 0 radical (unpaired) electrons. The van der Waals surface area contributed by atoms with Crippen LogP contribution in [0.5, 0.6) is 0 Å². The predicted molar refractivity (Wildman–Crippen MR) is 23.5 cm³/mol. The zero-order chi connectivity index (χ0) is 6.04. The summed E-state index contributed by atoms with van der Waals surface area (Å²) in [7, 11) is 1.45. The minimum absolute atomic E-state index is 0.508. The Bertz CT molecular complexity index is 78.1. The molecule has 1 aliphatic rings. The SMILES string of the molecule is CCOC1(OC)OO1. The van der Waals surface area contributed by atoms with E-state index in [0.29, 0.717) is 6.61 Å². The van der Waals surface area contributed by atoms with Gasteiger partial charge in [-0.25, -0.2) is 0 Å². The summed E-state index contributed by atoms with van der Waals surface area (Å²) < 4.78 is 9.45. The number of rotatable bonds is 3. The molecule has 1 saturated heterocycles. The summed E-state index contributed by atoms with van der Waals surface area (Å²) in [4.78, 5) is 8.68. The van der Waals surface area contributed by atoms with Crippen LogP contribution in [-0.4, -0.2) is 19.9 Å². The van der Waals surface area contributed by atoms with E-state index in [9.17, 15) is 0 Å². The zero-order valence-electron chi connectivity index (χ0n) is 4.84. The fourth-order valence-corrected chi connectivity index (χ4v) is 0.386. The first kappa shape index (κ1) is 5.97. The van der Waals surface area contributed by atoms with Crippen molar-refractivity contribution in [1.82, 2.24) is 0 Å². The number of hydrogen-bond donors (Lipinski definition) is 0. The Balaban J connectivity index is 2.20.